The first-order chi connectivity index (χ1) is 12.9. The number of pyridine rings is 1. The topological polar surface area (TPSA) is 78.6 Å². The van der Waals surface area contributed by atoms with Gasteiger partial charge in [0.2, 0.25) is 0 Å². The number of anilines is 1. The molecule has 2 aromatic heterocycles. The van der Waals surface area contributed by atoms with Gasteiger partial charge in [-0.15, -0.1) is 6.58 Å². The molecule has 0 saturated heterocycles. The summed E-state index contributed by atoms with van der Waals surface area (Å²) in [4.78, 5) is 4.80. The summed E-state index contributed by atoms with van der Waals surface area (Å²) in [6, 6.07) is 8.33. The molecule has 3 rings (SSSR count). The SMILES string of the molecule is C=CCNC(=S)Nc1c(C#N)cnn1-c1cc(C)c2cc(C)cc(C)c2n1. The number of nitrogens with zero attached hydrogens (tertiary/aromatic N) is 4. The Kier molecular flexibility index (Phi) is 5.19. The van der Waals surface area contributed by atoms with Gasteiger partial charge in [-0.3, -0.25) is 0 Å². The van der Waals surface area contributed by atoms with Crippen molar-refractivity contribution in [1.82, 2.24) is 20.1 Å². The Morgan fingerprint density at radius 2 is 2.07 bits per heavy atom. The Morgan fingerprint density at radius 1 is 1.30 bits per heavy atom. The van der Waals surface area contributed by atoms with E-state index in [-0.39, 0.29) is 0 Å². The Hall–Kier alpha value is -3.24. The van der Waals surface area contributed by atoms with Crippen LogP contribution in [0.1, 0.15) is 22.3 Å². The van der Waals surface area contributed by atoms with Gasteiger partial charge in [-0.1, -0.05) is 17.7 Å². The van der Waals surface area contributed by atoms with Gasteiger partial charge in [-0.05, 0) is 56.2 Å². The maximum absolute atomic E-state index is 9.43. The zero-order chi connectivity index (χ0) is 19.6. The van der Waals surface area contributed by atoms with Crippen LogP contribution >= 0.6 is 12.2 Å². The molecule has 2 heterocycles. The van der Waals surface area contributed by atoms with Crippen molar-refractivity contribution in [2.24, 2.45) is 0 Å². The van der Waals surface area contributed by atoms with Gasteiger partial charge in [0.05, 0.1) is 11.7 Å². The first-order valence-corrected chi connectivity index (χ1v) is 8.88. The summed E-state index contributed by atoms with van der Waals surface area (Å²) in [5.41, 5.74) is 4.69. The van der Waals surface area contributed by atoms with Crippen molar-refractivity contribution in [1.29, 1.82) is 5.26 Å². The zero-order valence-electron chi connectivity index (χ0n) is 15.5. The van der Waals surface area contributed by atoms with Crippen LogP contribution in [0, 0.1) is 32.1 Å². The first-order valence-electron chi connectivity index (χ1n) is 8.47. The van der Waals surface area contributed by atoms with Gasteiger partial charge < -0.3 is 10.6 Å². The van der Waals surface area contributed by atoms with Gasteiger partial charge in [-0.2, -0.15) is 15.0 Å². The van der Waals surface area contributed by atoms with E-state index < -0.39 is 0 Å². The molecule has 0 aliphatic heterocycles. The van der Waals surface area contributed by atoms with E-state index in [1.165, 1.54) is 11.8 Å². The van der Waals surface area contributed by atoms with E-state index in [2.05, 4.69) is 47.4 Å². The van der Waals surface area contributed by atoms with Crippen molar-refractivity contribution >= 4 is 34.1 Å². The van der Waals surface area contributed by atoms with E-state index in [4.69, 9.17) is 17.2 Å². The predicted octanol–water partition coefficient (Wildman–Crippen LogP) is 3.69. The average Bonchev–Trinajstić information content (AvgIpc) is 3.03. The number of rotatable bonds is 4. The fourth-order valence-electron chi connectivity index (χ4n) is 2.98. The molecule has 2 N–H and O–H groups in total. The maximum atomic E-state index is 9.43. The lowest BCUT2D eigenvalue weighted by Crippen LogP contribution is -2.29. The van der Waals surface area contributed by atoms with Crippen LogP contribution in [0.25, 0.3) is 16.7 Å². The second-order valence-electron chi connectivity index (χ2n) is 6.33. The van der Waals surface area contributed by atoms with E-state index in [9.17, 15) is 5.26 Å². The zero-order valence-corrected chi connectivity index (χ0v) is 16.3. The van der Waals surface area contributed by atoms with Crippen LogP contribution in [-0.2, 0) is 0 Å². The maximum Gasteiger partial charge on any atom is 0.172 e. The molecule has 0 bridgehead atoms. The van der Waals surface area contributed by atoms with Crippen LogP contribution in [0.3, 0.4) is 0 Å². The second kappa shape index (κ2) is 7.56. The molecular formula is C20H20N6S. The third kappa shape index (κ3) is 3.66. The van der Waals surface area contributed by atoms with Gasteiger partial charge in [0.1, 0.15) is 11.6 Å². The summed E-state index contributed by atoms with van der Waals surface area (Å²) in [5, 5.41) is 21.3. The number of hydrogen-bond acceptors (Lipinski definition) is 4. The van der Waals surface area contributed by atoms with Crippen molar-refractivity contribution in [3.8, 4) is 11.9 Å². The minimum atomic E-state index is 0.387. The summed E-state index contributed by atoms with van der Waals surface area (Å²) in [6.45, 7) is 10.3. The van der Waals surface area contributed by atoms with Crippen LogP contribution in [0.2, 0.25) is 0 Å². The van der Waals surface area contributed by atoms with E-state index >= 15 is 0 Å². The highest BCUT2D eigenvalue weighted by Crippen LogP contribution is 2.26. The van der Waals surface area contributed by atoms with E-state index in [0.29, 0.717) is 28.9 Å². The fraction of sp³-hybridized carbons (Fsp3) is 0.200. The van der Waals surface area contributed by atoms with Crippen molar-refractivity contribution < 1.29 is 0 Å². The number of nitrogens with one attached hydrogen (secondary N) is 2. The van der Waals surface area contributed by atoms with E-state index in [0.717, 1.165) is 22.0 Å². The lowest BCUT2D eigenvalue weighted by Gasteiger charge is -2.14. The van der Waals surface area contributed by atoms with Gasteiger partial charge in [0.25, 0.3) is 0 Å². The highest BCUT2D eigenvalue weighted by atomic mass is 32.1. The smallest absolute Gasteiger partial charge is 0.172 e. The second-order valence-corrected chi connectivity index (χ2v) is 6.74. The highest BCUT2D eigenvalue weighted by molar-refractivity contribution is 7.80. The largest absolute Gasteiger partial charge is 0.359 e. The summed E-state index contributed by atoms with van der Waals surface area (Å²) in [6.07, 6.45) is 3.21. The molecule has 136 valence electrons. The summed E-state index contributed by atoms with van der Waals surface area (Å²) in [5.74, 6) is 1.11. The quantitative estimate of drug-likeness (QED) is 0.534. The molecular weight excluding hydrogens is 356 g/mol. The van der Waals surface area contributed by atoms with Gasteiger partial charge in [0.15, 0.2) is 16.7 Å². The third-order valence-corrected chi connectivity index (χ3v) is 4.43. The Balaban J connectivity index is 2.12. The van der Waals surface area contributed by atoms with Gasteiger partial charge >= 0.3 is 0 Å². The minimum Gasteiger partial charge on any atom is -0.359 e. The number of thiocarbonyl (C=S) groups is 1. The molecule has 6 nitrogen and oxygen atoms in total. The summed E-state index contributed by atoms with van der Waals surface area (Å²) in [7, 11) is 0. The van der Waals surface area contributed by atoms with Gasteiger partial charge in [0, 0.05) is 11.9 Å². The Bertz CT molecular complexity index is 1090. The lowest BCUT2D eigenvalue weighted by atomic mass is 10.0. The molecule has 0 atom stereocenters. The van der Waals surface area contributed by atoms with Crippen LogP contribution in [0.15, 0.2) is 37.1 Å². The minimum absolute atomic E-state index is 0.387. The number of aryl methyl sites for hydroxylation is 3. The fourth-order valence-corrected chi connectivity index (χ4v) is 3.16. The van der Waals surface area contributed by atoms with Crippen LogP contribution < -0.4 is 10.6 Å². The van der Waals surface area contributed by atoms with Crippen LogP contribution in [0.4, 0.5) is 5.82 Å². The van der Waals surface area contributed by atoms with E-state index in [1.807, 2.05) is 19.9 Å². The number of fused-ring (bicyclic) bond motifs is 1. The molecule has 0 spiro atoms. The van der Waals surface area contributed by atoms with Crippen molar-refractivity contribution in [2.45, 2.75) is 20.8 Å². The average molecular weight is 376 g/mol. The number of benzene rings is 1. The van der Waals surface area contributed by atoms with Crippen LogP contribution in [0.5, 0.6) is 0 Å². The molecule has 0 unspecified atom stereocenters. The van der Waals surface area contributed by atoms with Crippen molar-refractivity contribution in [3.05, 3.63) is 59.3 Å². The standard InChI is InChI=1S/C20H20N6S/c1-5-6-22-20(27)25-19-15(10-21)11-23-26(19)17-9-13(3)16-8-12(2)7-14(4)18(16)24-17/h5,7-9,11H,1,6H2,2-4H3,(H2,22,25,27). The molecule has 1 aromatic carbocycles. The monoisotopic (exact) mass is 376 g/mol. The molecule has 0 saturated carbocycles. The highest BCUT2D eigenvalue weighted by Gasteiger charge is 2.16. The molecule has 3 aromatic rings. The molecule has 0 aliphatic carbocycles. The molecule has 0 aliphatic rings. The van der Waals surface area contributed by atoms with Gasteiger partial charge in [-0.25, -0.2) is 4.98 Å². The summed E-state index contributed by atoms with van der Waals surface area (Å²) < 4.78 is 1.60. The number of hydrogen-bond donors (Lipinski definition) is 2. The molecule has 0 fully saturated rings. The Labute approximate surface area is 163 Å². The number of aromatic nitrogens is 3. The predicted molar refractivity (Wildman–Crippen MR) is 112 cm³/mol. The Morgan fingerprint density at radius 3 is 2.78 bits per heavy atom. The molecule has 0 amide bonds. The van der Waals surface area contributed by atoms with Crippen molar-refractivity contribution in [3.63, 3.8) is 0 Å². The normalized spacial score (nSPS) is 10.4. The molecule has 7 heteroatoms. The third-order valence-electron chi connectivity index (χ3n) is 4.19. The molecule has 0 radical (unpaired) electrons. The van der Waals surface area contributed by atoms with Crippen molar-refractivity contribution in [2.75, 3.05) is 11.9 Å². The molecule has 27 heavy (non-hydrogen) atoms. The number of nitriles is 1. The lowest BCUT2D eigenvalue weighted by molar-refractivity contribution is 0.858. The van der Waals surface area contributed by atoms with Crippen LogP contribution in [-0.4, -0.2) is 26.4 Å². The first kappa shape index (κ1) is 18.5. The summed E-state index contributed by atoms with van der Waals surface area (Å²) >= 11 is 5.28. The van der Waals surface area contributed by atoms with E-state index in [1.54, 1.807) is 10.8 Å².